The molecule has 6 heteroatoms. The van der Waals surface area contributed by atoms with E-state index in [1.807, 2.05) is 0 Å². The van der Waals surface area contributed by atoms with Gasteiger partial charge in [0.05, 0.1) is 4.90 Å². The Bertz CT molecular complexity index is 486. The van der Waals surface area contributed by atoms with Gasteiger partial charge in [-0.2, -0.15) is 0 Å². The van der Waals surface area contributed by atoms with Crippen LogP contribution in [0.5, 0.6) is 0 Å². The minimum atomic E-state index is -3.60. The van der Waals surface area contributed by atoms with Crippen LogP contribution in [0.3, 0.4) is 0 Å². The second-order valence-electron chi connectivity index (χ2n) is 2.62. The fraction of sp³-hybridized carbons (Fsp3) is 0.0833. The van der Waals surface area contributed by atoms with Gasteiger partial charge >= 0.3 is 22.6 Å². The molecule has 0 spiro atoms. The standard InChI is InChI=1S/C10H10NO2S.2CH3.O.Pd/c1-2-3-4-9-5-7-10(8-6-9)14(11,12)13;;;;/h5-8H,1-2H2,(H2,11,12,13);2*1H3;;/q3*-1;;. The minimum absolute atomic E-state index is 0. The third kappa shape index (κ3) is 8.27. The zero-order valence-corrected chi connectivity index (χ0v) is 12.6. The predicted octanol–water partition coefficient (Wildman–Crippen LogP) is 1.69. The van der Waals surface area contributed by atoms with Crippen LogP contribution in [0.1, 0.15) is 12.0 Å². The second-order valence-corrected chi connectivity index (χ2v) is 4.18. The number of benzene rings is 1. The van der Waals surface area contributed by atoms with Crippen molar-refractivity contribution in [3.05, 3.63) is 51.6 Å². The summed E-state index contributed by atoms with van der Waals surface area (Å²) >= 11 is 1.50. The maximum atomic E-state index is 10.9. The fourth-order valence-corrected chi connectivity index (χ4v) is 1.41. The zero-order valence-electron chi connectivity index (χ0n) is 10.3. The molecular formula is C12H16NO3PdS-3. The topological polar surface area (TPSA) is 77.2 Å². The normalized spacial score (nSPS) is 8.44. The summed E-state index contributed by atoms with van der Waals surface area (Å²) in [6, 6.07) is 6.09. The molecule has 0 amide bonds. The molecule has 18 heavy (non-hydrogen) atoms. The molecule has 0 fully saturated rings. The van der Waals surface area contributed by atoms with Gasteiger partial charge in [-0.3, -0.25) is 0 Å². The van der Waals surface area contributed by atoms with Crippen molar-refractivity contribution in [2.24, 2.45) is 5.14 Å². The third-order valence-electron chi connectivity index (χ3n) is 1.54. The van der Waals surface area contributed by atoms with E-state index < -0.39 is 10.0 Å². The average Bonchev–Trinajstić information content (AvgIpc) is 2.28. The van der Waals surface area contributed by atoms with Gasteiger partial charge in [0.2, 0.25) is 10.0 Å². The summed E-state index contributed by atoms with van der Waals surface area (Å²) in [7, 11) is -3.60. The van der Waals surface area contributed by atoms with Gasteiger partial charge in [0.15, 0.2) is 0 Å². The molecule has 0 radical (unpaired) electrons. The number of nitrogens with two attached hydrogens (primary N) is 1. The van der Waals surface area contributed by atoms with Crippen LogP contribution in [0, 0.1) is 33.6 Å². The van der Waals surface area contributed by atoms with Crippen molar-refractivity contribution >= 4 is 10.0 Å². The summed E-state index contributed by atoms with van der Waals surface area (Å²) in [4.78, 5) is 0.0951. The number of rotatable bonds is 1. The third-order valence-corrected chi connectivity index (χ3v) is 2.47. The fourth-order valence-electron chi connectivity index (χ4n) is 0.893. The van der Waals surface area contributed by atoms with E-state index in [0.29, 0.717) is 6.42 Å². The van der Waals surface area contributed by atoms with Gasteiger partial charge in [0.25, 0.3) is 0 Å². The summed E-state index contributed by atoms with van der Waals surface area (Å²) in [5.74, 6) is 5.61. The SMILES string of the molecule is [CH2-]CC#Cc1ccc(S(N)(=O)=O)cc1.[CH3-].[CH3-].[O]=[Pd]. The van der Waals surface area contributed by atoms with E-state index >= 15 is 0 Å². The molecule has 0 saturated heterocycles. The molecule has 4 nitrogen and oxygen atoms in total. The summed E-state index contributed by atoms with van der Waals surface area (Å²) in [6.07, 6.45) is 0.525. The zero-order chi connectivity index (χ0) is 12.6. The van der Waals surface area contributed by atoms with E-state index in [0.717, 1.165) is 5.56 Å². The Kier molecular flexibility index (Phi) is 14.0. The van der Waals surface area contributed by atoms with Crippen LogP contribution in [-0.4, -0.2) is 8.42 Å². The number of sulfonamides is 1. The van der Waals surface area contributed by atoms with E-state index in [4.69, 9.17) is 8.61 Å². The monoisotopic (exact) mass is 360 g/mol. The Morgan fingerprint density at radius 1 is 1.17 bits per heavy atom. The van der Waals surface area contributed by atoms with E-state index in [-0.39, 0.29) is 19.7 Å². The van der Waals surface area contributed by atoms with Crippen molar-refractivity contribution < 1.29 is 31.0 Å². The van der Waals surface area contributed by atoms with E-state index in [9.17, 15) is 8.42 Å². The van der Waals surface area contributed by atoms with Gasteiger partial charge in [-0.15, -0.1) is 12.3 Å². The molecule has 1 rings (SSSR count). The molecule has 0 aromatic heterocycles. The van der Waals surface area contributed by atoms with Crippen molar-refractivity contribution in [2.45, 2.75) is 11.3 Å². The van der Waals surface area contributed by atoms with Crippen LogP contribution in [0.15, 0.2) is 29.2 Å². The Morgan fingerprint density at radius 3 is 1.94 bits per heavy atom. The van der Waals surface area contributed by atoms with Gasteiger partial charge < -0.3 is 21.8 Å². The first-order valence-electron chi connectivity index (χ1n) is 4.08. The summed E-state index contributed by atoms with van der Waals surface area (Å²) in [6.45, 7) is 3.57. The van der Waals surface area contributed by atoms with Gasteiger partial charge in [0, 0.05) is 5.56 Å². The molecule has 106 valence electrons. The number of hydrogen-bond donors (Lipinski definition) is 1. The quantitative estimate of drug-likeness (QED) is 0.470. The first-order valence-corrected chi connectivity index (χ1v) is 6.26. The summed E-state index contributed by atoms with van der Waals surface area (Å²) in [5, 5.41) is 4.93. The molecule has 0 aliphatic carbocycles. The first-order chi connectivity index (χ1) is 7.54. The number of primary sulfonamides is 1. The molecule has 0 unspecified atom stereocenters. The van der Waals surface area contributed by atoms with Crippen molar-refractivity contribution in [2.75, 3.05) is 0 Å². The van der Waals surface area contributed by atoms with Crippen molar-refractivity contribution in [1.29, 1.82) is 0 Å². The van der Waals surface area contributed by atoms with Crippen molar-refractivity contribution in [3.63, 3.8) is 0 Å². The molecule has 0 atom stereocenters. The molecule has 0 bridgehead atoms. The van der Waals surface area contributed by atoms with E-state index in [1.165, 1.54) is 31.3 Å². The molecule has 2 N–H and O–H groups in total. The van der Waals surface area contributed by atoms with Gasteiger partial charge in [-0.05, 0) is 24.3 Å². The molecule has 0 aliphatic heterocycles. The molecule has 0 heterocycles. The Hall–Kier alpha value is -0.848. The Morgan fingerprint density at radius 2 is 1.61 bits per heavy atom. The predicted molar refractivity (Wildman–Crippen MR) is 68.2 cm³/mol. The van der Waals surface area contributed by atoms with Gasteiger partial charge in [-0.25, -0.2) is 13.6 Å². The van der Waals surface area contributed by atoms with E-state index in [1.54, 1.807) is 12.1 Å². The molecule has 1 aromatic carbocycles. The van der Waals surface area contributed by atoms with E-state index in [2.05, 4.69) is 18.8 Å². The number of hydrogen-bond acceptors (Lipinski definition) is 3. The molecule has 0 aliphatic rings. The molecule has 1 aromatic rings. The van der Waals surface area contributed by atoms with Crippen LogP contribution in [-0.2, 0) is 32.7 Å². The molecule has 0 saturated carbocycles. The second kappa shape index (κ2) is 11.3. The van der Waals surface area contributed by atoms with Crippen LogP contribution in [0.25, 0.3) is 0 Å². The van der Waals surface area contributed by atoms with Crippen molar-refractivity contribution in [3.8, 4) is 11.8 Å². The first kappa shape index (κ1) is 22.3. The summed E-state index contributed by atoms with van der Waals surface area (Å²) < 4.78 is 29.9. The van der Waals surface area contributed by atoms with Crippen LogP contribution >= 0.6 is 0 Å². The average molecular weight is 361 g/mol. The maximum absolute atomic E-state index is 10.9. The van der Waals surface area contributed by atoms with Crippen molar-refractivity contribution in [1.82, 2.24) is 0 Å². The van der Waals surface area contributed by atoms with Crippen LogP contribution < -0.4 is 5.14 Å². The van der Waals surface area contributed by atoms with Gasteiger partial charge in [-0.1, -0.05) is 5.92 Å². The summed E-state index contributed by atoms with van der Waals surface area (Å²) in [5.41, 5.74) is 0.751. The van der Waals surface area contributed by atoms with Crippen LogP contribution in [0.2, 0.25) is 0 Å². The van der Waals surface area contributed by atoms with Gasteiger partial charge in [0.1, 0.15) is 0 Å². The van der Waals surface area contributed by atoms with Crippen LogP contribution in [0.4, 0.5) is 0 Å². The molecular weight excluding hydrogens is 345 g/mol. The Labute approximate surface area is 121 Å². The Balaban J connectivity index is -0.000000534.